The van der Waals surface area contributed by atoms with Crippen molar-refractivity contribution >= 4 is 5.78 Å². The van der Waals surface area contributed by atoms with Crippen LogP contribution in [-0.4, -0.2) is 35.4 Å². The SMILES string of the molecule is Cc1cc2c(n1C1CCCN(C)C1)CCCC2=O. The molecule has 1 aromatic heterocycles. The number of hydrogen-bond acceptors (Lipinski definition) is 2. The zero-order chi connectivity index (χ0) is 12.7. The van der Waals surface area contributed by atoms with E-state index in [0.29, 0.717) is 11.8 Å². The highest BCUT2D eigenvalue weighted by Crippen LogP contribution is 2.31. The van der Waals surface area contributed by atoms with E-state index >= 15 is 0 Å². The Morgan fingerprint density at radius 3 is 2.89 bits per heavy atom. The molecule has 3 nitrogen and oxygen atoms in total. The molecule has 1 aliphatic carbocycles. The predicted molar refractivity (Wildman–Crippen MR) is 72.2 cm³/mol. The summed E-state index contributed by atoms with van der Waals surface area (Å²) in [5.41, 5.74) is 3.59. The first-order valence-corrected chi connectivity index (χ1v) is 7.09. The van der Waals surface area contributed by atoms with Crippen LogP contribution in [0.4, 0.5) is 0 Å². The normalized spacial score (nSPS) is 25.2. The molecule has 1 atom stereocenters. The van der Waals surface area contributed by atoms with Crippen LogP contribution in [0.3, 0.4) is 0 Å². The lowest BCUT2D eigenvalue weighted by atomic mass is 9.96. The van der Waals surface area contributed by atoms with E-state index in [9.17, 15) is 4.79 Å². The van der Waals surface area contributed by atoms with Gasteiger partial charge in [0.25, 0.3) is 0 Å². The third-order valence-corrected chi connectivity index (χ3v) is 4.42. The number of Topliss-reactive ketones (excluding diaryl/α,β-unsaturated/α-hetero) is 1. The van der Waals surface area contributed by atoms with Crippen molar-refractivity contribution in [2.45, 2.75) is 45.1 Å². The Morgan fingerprint density at radius 1 is 1.28 bits per heavy atom. The molecule has 0 radical (unpaired) electrons. The monoisotopic (exact) mass is 246 g/mol. The van der Waals surface area contributed by atoms with Gasteiger partial charge in [-0.1, -0.05) is 0 Å². The summed E-state index contributed by atoms with van der Waals surface area (Å²) in [7, 11) is 2.20. The summed E-state index contributed by atoms with van der Waals surface area (Å²) in [6.07, 6.45) is 5.36. The lowest BCUT2D eigenvalue weighted by molar-refractivity contribution is 0.0971. The molecular formula is C15H22N2O. The van der Waals surface area contributed by atoms with Gasteiger partial charge in [0.05, 0.1) is 0 Å². The number of nitrogens with zero attached hydrogens (tertiary/aromatic N) is 2. The van der Waals surface area contributed by atoms with Crippen molar-refractivity contribution in [1.29, 1.82) is 0 Å². The quantitative estimate of drug-likeness (QED) is 0.761. The minimum atomic E-state index is 0.349. The molecule has 1 fully saturated rings. The summed E-state index contributed by atoms with van der Waals surface area (Å²) in [5, 5.41) is 0. The molecule has 98 valence electrons. The molecule has 1 aliphatic heterocycles. The van der Waals surface area contributed by atoms with Gasteiger partial charge in [0, 0.05) is 36.0 Å². The van der Waals surface area contributed by atoms with Gasteiger partial charge >= 0.3 is 0 Å². The first-order chi connectivity index (χ1) is 8.66. The summed E-state index contributed by atoms with van der Waals surface area (Å²) in [6, 6.07) is 2.68. The van der Waals surface area contributed by atoms with Crippen LogP contribution in [-0.2, 0) is 6.42 Å². The van der Waals surface area contributed by atoms with E-state index < -0.39 is 0 Å². The van der Waals surface area contributed by atoms with Crippen molar-refractivity contribution < 1.29 is 4.79 Å². The molecule has 1 saturated heterocycles. The topological polar surface area (TPSA) is 25.2 Å². The minimum absolute atomic E-state index is 0.349. The fourth-order valence-electron chi connectivity index (χ4n) is 3.61. The van der Waals surface area contributed by atoms with Crippen LogP contribution >= 0.6 is 0 Å². The van der Waals surface area contributed by atoms with Crippen LogP contribution in [0.2, 0.25) is 0 Å². The van der Waals surface area contributed by atoms with Crippen LogP contribution < -0.4 is 0 Å². The highest BCUT2D eigenvalue weighted by Gasteiger charge is 2.27. The lowest BCUT2D eigenvalue weighted by Gasteiger charge is -2.33. The maximum absolute atomic E-state index is 12.0. The van der Waals surface area contributed by atoms with E-state index in [0.717, 1.165) is 31.4 Å². The van der Waals surface area contributed by atoms with E-state index in [1.54, 1.807) is 0 Å². The van der Waals surface area contributed by atoms with E-state index in [2.05, 4.69) is 29.5 Å². The lowest BCUT2D eigenvalue weighted by Crippen LogP contribution is -2.34. The summed E-state index contributed by atoms with van der Waals surface area (Å²) >= 11 is 0. The van der Waals surface area contributed by atoms with Gasteiger partial charge in [0.15, 0.2) is 5.78 Å². The van der Waals surface area contributed by atoms with Gasteiger partial charge in [0.2, 0.25) is 0 Å². The smallest absolute Gasteiger partial charge is 0.164 e. The van der Waals surface area contributed by atoms with Crippen molar-refractivity contribution in [2.75, 3.05) is 20.1 Å². The Hall–Kier alpha value is -1.09. The fraction of sp³-hybridized carbons (Fsp3) is 0.667. The molecule has 3 heteroatoms. The molecule has 3 rings (SSSR count). The zero-order valence-electron chi connectivity index (χ0n) is 11.4. The second kappa shape index (κ2) is 4.54. The Balaban J connectivity index is 1.98. The first kappa shape index (κ1) is 12.0. The van der Waals surface area contributed by atoms with Crippen LogP contribution in [0.5, 0.6) is 0 Å². The Bertz CT molecular complexity index is 475. The van der Waals surface area contributed by atoms with Crippen LogP contribution in [0.25, 0.3) is 0 Å². The average Bonchev–Trinajstić information content (AvgIpc) is 2.67. The second-order valence-electron chi connectivity index (χ2n) is 5.85. The molecule has 0 spiro atoms. The number of carbonyl (C=O) groups excluding carboxylic acids is 1. The van der Waals surface area contributed by atoms with Gasteiger partial charge in [-0.15, -0.1) is 0 Å². The van der Waals surface area contributed by atoms with E-state index in [1.165, 1.54) is 30.8 Å². The highest BCUT2D eigenvalue weighted by atomic mass is 16.1. The van der Waals surface area contributed by atoms with Crippen molar-refractivity contribution in [2.24, 2.45) is 0 Å². The van der Waals surface area contributed by atoms with Gasteiger partial charge in [-0.25, -0.2) is 0 Å². The molecular weight excluding hydrogens is 224 g/mol. The number of aromatic nitrogens is 1. The van der Waals surface area contributed by atoms with Crippen molar-refractivity contribution in [3.8, 4) is 0 Å². The van der Waals surface area contributed by atoms with Gasteiger partial charge in [-0.05, 0) is 52.3 Å². The van der Waals surface area contributed by atoms with E-state index in [4.69, 9.17) is 0 Å². The third-order valence-electron chi connectivity index (χ3n) is 4.42. The number of likely N-dealkylation sites (tertiary alicyclic amines) is 1. The number of fused-ring (bicyclic) bond motifs is 1. The minimum Gasteiger partial charge on any atom is -0.344 e. The fourth-order valence-corrected chi connectivity index (χ4v) is 3.61. The maximum Gasteiger partial charge on any atom is 0.164 e. The average molecular weight is 246 g/mol. The molecule has 0 aromatic carbocycles. The molecule has 0 saturated carbocycles. The molecule has 18 heavy (non-hydrogen) atoms. The van der Waals surface area contributed by atoms with Crippen LogP contribution in [0.15, 0.2) is 6.07 Å². The summed E-state index contributed by atoms with van der Waals surface area (Å²) in [4.78, 5) is 14.4. The van der Waals surface area contributed by atoms with Gasteiger partial charge in [-0.2, -0.15) is 0 Å². The van der Waals surface area contributed by atoms with Crippen LogP contribution in [0, 0.1) is 6.92 Å². The summed E-state index contributed by atoms with van der Waals surface area (Å²) in [6.45, 7) is 4.48. The number of carbonyl (C=O) groups is 1. The zero-order valence-corrected chi connectivity index (χ0v) is 11.4. The van der Waals surface area contributed by atoms with Crippen molar-refractivity contribution in [1.82, 2.24) is 9.47 Å². The summed E-state index contributed by atoms with van der Waals surface area (Å²) in [5.74, 6) is 0.349. The highest BCUT2D eigenvalue weighted by molar-refractivity contribution is 5.98. The van der Waals surface area contributed by atoms with Gasteiger partial charge in [0.1, 0.15) is 0 Å². The Kier molecular flexibility index (Phi) is 3.02. The molecule has 2 aliphatic rings. The number of piperidine rings is 1. The molecule has 2 heterocycles. The van der Waals surface area contributed by atoms with Crippen molar-refractivity contribution in [3.63, 3.8) is 0 Å². The number of ketones is 1. The molecule has 0 N–H and O–H groups in total. The van der Waals surface area contributed by atoms with Crippen molar-refractivity contribution in [3.05, 3.63) is 23.0 Å². The van der Waals surface area contributed by atoms with Gasteiger partial charge < -0.3 is 9.47 Å². The summed E-state index contributed by atoms with van der Waals surface area (Å²) < 4.78 is 2.46. The standard InChI is InChI=1S/C15H22N2O/c1-11-9-13-14(6-3-7-15(13)18)17(11)12-5-4-8-16(2)10-12/h9,12H,3-8,10H2,1-2H3. The number of likely N-dealkylation sites (N-methyl/N-ethyl adjacent to an activating group) is 1. The van der Waals surface area contributed by atoms with Crippen LogP contribution in [0.1, 0.15) is 53.5 Å². The predicted octanol–water partition coefficient (Wildman–Crippen LogP) is 2.58. The first-order valence-electron chi connectivity index (χ1n) is 7.09. The molecule has 1 aromatic rings. The molecule has 0 bridgehead atoms. The largest absolute Gasteiger partial charge is 0.344 e. The molecule has 0 amide bonds. The number of rotatable bonds is 1. The second-order valence-corrected chi connectivity index (χ2v) is 5.85. The van der Waals surface area contributed by atoms with E-state index in [1.807, 2.05) is 0 Å². The van der Waals surface area contributed by atoms with Gasteiger partial charge in [-0.3, -0.25) is 4.79 Å². The molecule has 1 unspecified atom stereocenters. The number of aryl methyl sites for hydroxylation is 1. The third kappa shape index (κ3) is 1.91. The number of hydrogen-bond donors (Lipinski definition) is 0. The Morgan fingerprint density at radius 2 is 2.11 bits per heavy atom. The Labute approximate surface area is 109 Å². The maximum atomic E-state index is 12.0. The van der Waals surface area contributed by atoms with E-state index in [-0.39, 0.29) is 0 Å².